The largest absolute Gasteiger partial charge is 0.376 e. The second-order valence-corrected chi connectivity index (χ2v) is 7.40. The molecule has 1 fully saturated rings. The number of aromatic nitrogens is 4. The third-order valence-electron chi connectivity index (χ3n) is 5.48. The molecule has 0 N–H and O–H groups in total. The van der Waals surface area contributed by atoms with Gasteiger partial charge in [-0.05, 0) is 36.7 Å². The fraction of sp³-hybridized carbons (Fsp3) is 0.333. The van der Waals surface area contributed by atoms with Gasteiger partial charge in [-0.25, -0.2) is 9.97 Å². The van der Waals surface area contributed by atoms with Crippen LogP contribution in [0.2, 0.25) is 0 Å². The molecule has 0 saturated carbocycles. The summed E-state index contributed by atoms with van der Waals surface area (Å²) in [5.74, 6) is 0.744. The lowest BCUT2D eigenvalue weighted by Crippen LogP contribution is -2.40. The Morgan fingerprint density at radius 3 is 2.53 bits per heavy atom. The first-order valence-corrected chi connectivity index (χ1v) is 9.28. The number of pyridine rings is 2. The summed E-state index contributed by atoms with van der Waals surface area (Å²) in [6.07, 6.45) is 10.3. The van der Waals surface area contributed by atoms with Crippen LogP contribution >= 0.6 is 37.2 Å². The molecule has 0 aliphatic carbocycles. The Labute approximate surface area is 194 Å². The zero-order valence-corrected chi connectivity index (χ0v) is 18.8. The highest BCUT2D eigenvalue weighted by atomic mass is 35.5. The molecule has 5 rings (SSSR count). The minimum absolute atomic E-state index is 0. The SMILES string of the molecule is Cl.Cl.Cl.c1cncc(CN2CCC3(COCc4cnc(-c5cccnc5)nc43)C2)c1. The topological polar surface area (TPSA) is 64.0 Å². The lowest BCUT2D eigenvalue weighted by Gasteiger charge is -2.34. The van der Waals surface area contributed by atoms with Crippen molar-refractivity contribution in [2.45, 2.75) is 25.0 Å². The first-order valence-electron chi connectivity index (χ1n) is 9.28. The van der Waals surface area contributed by atoms with Crippen molar-refractivity contribution >= 4 is 37.2 Å². The predicted molar refractivity (Wildman–Crippen MR) is 122 cm³/mol. The maximum absolute atomic E-state index is 5.95. The lowest BCUT2D eigenvalue weighted by atomic mass is 9.80. The van der Waals surface area contributed by atoms with Gasteiger partial charge in [0.2, 0.25) is 0 Å². The average molecular weight is 469 g/mol. The summed E-state index contributed by atoms with van der Waals surface area (Å²) in [6.45, 7) is 4.19. The molecule has 160 valence electrons. The van der Waals surface area contributed by atoms with Crippen LogP contribution in [0.5, 0.6) is 0 Å². The van der Waals surface area contributed by atoms with Gasteiger partial charge in [0.15, 0.2) is 5.82 Å². The molecule has 3 aromatic rings. The third-order valence-corrected chi connectivity index (χ3v) is 5.48. The Morgan fingerprint density at radius 2 is 1.80 bits per heavy atom. The summed E-state index contributed by atoms with van der Waals surface area (Å²) >= 11 is 0. The van der Waals surface area contributed by atoms with Gasteiger partial charge >= 0.3 is 0 Å². The summed E-state index contributed by atoms with van der Waals surface area (Å²) in [7, 11) is 0. The van der Waals surface area contributed by atoms with Gasteiger partial charge in [-0.3, -0.25) is 14.9 Å². The second-order valence-electron chi connectivity index (χ2n) is 7.40. The van der Waals surface area contributed by atoms with E-state index in [9.17, 15) is 0 Å². The molecule has 0 bridgehead atoms. The van der Waals surface area contributed by atoms with Gasteiger partial charge < -0.3 is 4.74 Å². The van der Waals surface area contributed by atoms with E-state index < -0.39 is 0 Å². The monoisotopic (exact) mass is 467 g/mol. The number of halogens is 3. The van der Waals surface area contributed by atoms with Gasteiger partial charge in [-0.1, -0.05) is 6.07 Å². The number of likely N-dealkylation sites (tertiary alicyclic amines) is 1. The highest BCUT2D eigenvalue weighted by molar-refractivity contribution is 5.86. The van der Waals surface area contributed by atoms with Crippen LogP contribution in [0.25, 0.3) is 11.4 Å². The molecule has 1 spiro atoms. The molecular weight excluding hydrogens is 445 g/mol. The molecule has 1 atom stereocenters. The number of hydrogen-bond donors (Lipinski definition) is 0. The van der Waals surface area contributed by atoms with Gasteiger partial charge in [0.1, 0.15) is 0 Å². The van der Waals surface area contributed by atoms with Crippen LogP contribution in [0.4, 0.5) is 0 Å². The summed E-state index contributed by atoms with van der Waals surface area (Å²) < 4.78 is 5.95. The van der Waals surface area contributed by atoms with Crippen molar-refractivity contribution in [1.82, 2.24) is 24.8 Å². The molecule has 6 nitrogen and oxygen atoms in total. The number of fused-ring (bicyclic) bond motifs is 2. The van der Waals surface area contributed by atoms with Crippen LogP contribution in [0.15, 0.2) is 55.2 Å². The van der Waals surface area contributed by atoms with Crippen LogP contribution in [0.3, 0.4) is 0 Å². The summed E-state index contributed by atoms with van der Waals surface area (Å²) in [4.78, 5) is 20.5. The first kappa shape index (κ1) is 24.4. The van der Waals surface area contributed by atoms with Gasteiger partial charge in [-0.15, -0.1) is 37.2 Å². The number of rotatable bonds is 3. The van der Waals surface area contributed by atoms with Gasteiger partial charge in [0, 0.05) is 55.2 Å². The molecule has 0 amide bonds. The first-order chi connectivity index (χ1) is 13.3. The van der Waals surface area contributed by atoms with E-state index in [0.717, 1.165) is 48.7 Å². The van der Waals surface area contributed by atoms with Gasteiger partial charge in [0.25, 0.3) is 0 Å². The Morgan fingerprint density at radius 1 is 1.00 bits per heavy atom. The average Bonchev–Trinajstić information content (AvgIpc) is 3.12. The standard InChI is InChI=1S/C21H21N5O.3ClH/c1-3-16(9-22-6-1)12-26-8-5-21(14-26)15-27-13-18-11-24-20(25-19(18)21)17-4-2-7-23-10-17;;;/h1-4,6-7,9-11H,5,8,12-15H2;3*1H. The number of hydrogen-bond acceptors (Lipinski definition) is 6. The quantitative estimate of drug-likeness (QED) is 0.581. The van der Waals surface area contributed by atoms with Crippen molar-refractivity contribution in [3.05, 3.63) is 72.1 Å². The van der Waals surface area contributed by atoms with E-state index in [0.29, 0.717) is 13.2 Å². The molecule has 3 aromatic heterocycles. The third kappa shape index (κ3) is 4.74. The zero-order chi connectivity index (χ0) is 18.1. The summed E-state index contributed by atoms with van der Waals surface area (Å²) in [6, 6.07) is 8.05. The van der Waals surface area contributed by atoms with Crippen LogP contribution in [-0.2, 0) is 23.3 Å². The summed E-state index contributed by atoms with van der Waals surface area (Å²) in [5, 5.41) is 0. The molecule has 2 aliphatic heterocycles. The van der Waals surface area contributed by atoms with Crippen molar-refractivity contribution in [2.24, 2.45) is 0 Å². The second kappa shape index (κ2) is 10.5. The van der Waals surface area contributed by atoms with E-state index in [1.165, 1.54) is 5.56 Å². The fourth-order valence-electron chi connectivity index (χ4n) is 4.18. The van der Waals surface area contributed by atoms with Gasteiger partial charge in [-0.2, -0.15) is 0 Å². The predicted octanol–water partition coefficient (Wildman–Crippen LogP) is 3.87. The molecule has 1 unspecified atom stereocenters. The molecule has 0 aromatic carbocycles. The minimum Gasteiger partial charge on any atom is -0.376 e. The minimum atomic E-state index is -0.0598. The molecular formula is C21H24Cl3N5O. The van der Waals surface area contributed by atoms with Crippen molar-refractivity contribution in [2.75, 3.05) is 19.7 Å². The Kier molecular flexibility index (Phi) is 8.52. The van der Waals surface area contributed by atoms with Crippen LogP contribution < -0.4 is 0 Å². The number of nitrogens with zero attached hydrogens (tertiary/aromatic N) is 5. The number of ether oxygens (including phenoxy) is 1. The molecule has 1 saturated heterocycles. The Balaban J connectivity index is 0.00000107. The zero-order valence-electron chi connectivity index (χ0n) is 16.3. The maximum atomic E-state index is 5.95. The molecule has 2 aliphatic rings. The van der Waals surface area contributed by atoms with E-state index in [2.05, 4.69) is 25.9 Å². The van der Waals surface area contributed by atoms with Crippen molar-refractivity contribution in [3.8, 4) is 11.4 Å². The van der Waals surface area contributed by atoms with E-state index >= 15 is 0 Å². The highest BCUT2D eigenvalue weighted by Gasteiger charge is 2.44. The van der Waals surface area contributed by atoms with E-state index in [1.54, 1.807) is 6.20 Å². The molecule has 0 radical (unpaired) electrons. The molecule has 5 heterocycles. The molecule has 9 heteroatoms. The Bertz CT molecular complexity index is 948. The summed E-state index contributed by atoms with van der Waals surface area (Å²) in [5.41, 5.74) is 4.39. The van der Waals surface area contributed by atoms with Crippen LogP contribution in [-0.4, -0.2) is 44.5 Å². The van der Waals surface area contributed by atoms with E-state index in [4.69, 9.17) is 9.72 Å². The normalized spacial score (nSPS) is 19.9. The lowest BCUT2D eigenvalue weighted by molar-refractivity contribution is 0.0503. The van der Waals surface area contributed by atoms with Gasteiger partial charge in [0.05, 0.1) is 24.3 Å². The van der Waals surface area contributed by atoms with E-state index in [-0.39, 0.29) is 42.6 Å². The van der Waals surface area contributed by atoms with E-state index in [1.807, 2.05) is 43.0 Å². The Hall–Kier alpha value is -1.83. The van der Waals surface area contributed by atoms with Crippen molar-refractivity contribution < 1.29 is 4.74 Å². The van der Waals surface area contributed by atoms with Crippen molar-refractivity contribution in [3.63, 3.8) is 0 Å². The highest BCUT2D eigenvalue weighted by Crippen LogP contribution is 2.39. The van der Waals surface area contributed by atoms with Crippen LogP contribution in [0.1, 0.15) is 23.2 Å². The molecule has 30 heavy (non-hydrogen) atoms. The van der Waals surface area contributed by atoms with Crippen molar-refractivity contribution in [1.29, 1.82) is 0 Å². The van der Waals surface area contributed by atoms with Crippen LogP contribution in [0, 0.1) is 0 Å². The smallest absolute Gasteiger partial charge is 0.160 e. The maximum Gasteiger partial charge on any atom is 0.160 e. The fourth-order valence-corrected chi connectivity index (χ4v) is 4.18.